The van der Waals surface area contributed by atoms with Crippen LogP contribution in [0, 0.1) is 0 Å². The normalized spacial score (nSPS) is 13.1. The van der Waals surface area contributed by atoms with Gasteiger partial charge in [-0.25, -0.2) is 0 Å². The monoisotopic (exact) mass is 822 g/mol. The largest absolute Gasteiger partial charge is 0.545 e. The third kappa shape index (κ3) is 41.9. The number of carbonyl (C=O) groups excluding carboxylic acids is 3. The van der Waals surface area contributed by atoms with Crippen molar-refractivity contribution in [1.82, 2.24) is 0 Å². The number of carboxylic acids is 1. The molecule has 0 aliphatic rings. The standard InChI is InChI=1S/C49H91NO8/c1-6-8-10-12-14-16-18-19-20-21-22-23-24-25-26-27-28-29-30-32-34-36-38-40-47(52)58-45(44-57-49(48(53)54)55-42-41-50(3,4)5)43-56-46(51)39-37-35-33-31-17-15-13-11-9-7-2/h11,13,21-22,45,49H,6-10,12,14-20,23-44H2,1-5H3/b13-11-,22-21-. The fourth-order valence-electron chi connectivity index (χ4n) is 6.65. The van der Waals surface area contributed by atoms with Crippen molar-refractivity contribution in [3.63, 3.8) is 0 Å². The average Bonchev–Trinajstić information content (AvgIpc) is 3.18. The Bertz CT molecular complexity index is 1010. The zero-order valence-electron chi connectivity index (χ0n) is 38.4. The molecule has 340 valence electrons. The summed E-state index contributed by atoms with van der Waals surface area (Å²) in [6.45, 7) is 4.68. The van der Waals surface area contributed by atoms with Gasteiger partial charge in [0.2, 0.25) is 0 Å². The molecule has 9 heteroatoms. The lowest BCUT2D eigenvalue weighted by molar-refractivity contribution is -0.870. The van der Waals surface area contributed by atoms with Gasteiger partial charge in [0.15, 0.2) is 12.4 Å². The summed E-state index contributed by atoms with van der Waals surface area (Å²) >= 11 is 0. The summed E-state index contributed by atoms with van der Waals surface area (Å²) in [4.78, 5) is 36.9. The summed E-state index contributed by atoms with van der Waals surface area (Å²) in [5.41, 5.74) is 0. The number of rotatable bonds is 44. The van der Waals surface area contributed by atoms with E-state index in [1.54, 1.807) is 0 Å². The fraction of sp³-hybridized carbons (Fsp3) is 0.857. The first-order valence-corrected chi connectivity index (χ1v) is 24.0. The Balaban J connectivity index is 4.26. The number of esters is 2. The van der Waals surface area contributed by atoms with Gasteiger partial charge >= 0.3 is 11.9 Å². The van der Waals surface area contributed by atoms with Crippen molar-refractivity contribution < 1.29 is 42.9 Å². The highest BCUT2D eigenvalue weighted by Crippen LogP contribution is 2.15. The molecular weight excluding hydrogens is 731 g/mol. The van der Waals surface area contributed by atoms with E-state index in [1.807, 2.05) is 21.1 Å². The molecule has 0 aromatic rings. The van der Waals surface area contributed by atoms with Crippen molar-refractivity contribution >= 4 is 17.9 Å². The van der Waals surface area contributed by atoms with Crippen molar-refractivity contribution in [3.05, 3.63) is 24.3 Å². The Hall–Kier alpha value is -2.23. The third-order valence-electron chi connectivity index (χ3n) is 10.4. The molecule has 0 bridgehead atoms. The van der Waals surface area contributed by atoms with Crippen LogP contribution in [-0.2, 0) is 33.3 Å². The first-order chi connectivity index (χ1) is 28.1. The number of hydrogen-bond acceptors (Lipinski definition) is 8. The van der Waals surface area contributed by atoms with E-state index in [9.17, 15) is 19.5 Å². The van der Waals surface area contributed by atoms with E-state index >= 15 is 0 Å². The lowest BCUT2D eigenvalue weighted by Crippen LogP contribution is -2.44. The first kappa shape index (κ1) is 55.8. The van der Waals surface area contributed by atoms with Crippen molar-refractivity contribution in [2.45, 2.75) is 225 Å². The number of nitrogens with zero attached hydrogens (tertiary/aromatic N) is 1. The van der Waals surface area contributed by atoms with Gasteiger partial charge in [-0.2, -0.15) is 0 Å². The Morgan fingerprint density at radius 3 is 1.34 bits per heavy atom. The predicted molar refractivity (Wildman–Crippen MR) is 237 cm³/mol. The van der Waals surface area contributed by atoms with Crippen LogP contribution in [0.25, 0.3) is 0 Å². The molecular formula is C49H91NO8. The van der Waals surface area contributed by atoms with Crippen molar-refractivity contribution in [1.29, 1.82) is 0 Å². The second kappa shape index (κ2) is 41.5. The number of aliphatic carboxylic acids is 1. The van der Waals surface area contributed by atoms with Gasteiger partial charge in [0, 0.05) is 12.8 Å². The number of carbonyl (C=O) groups is 3. The molecule has 0 aliphatic heterocycles. The topological polar surface area (TPSA) is 111 Å². The highest BCUT2D eigenvalue weighted by atomic mass is 16.7. The molecule has 0 amide bonds. The van der Waals surface area contributed by atoms with Crippen molar-refractivity contribution in [2.24, 2.45) is 0 Å². The van der Waals surface area contributed by atoms with Crippen LogP contribution in [0.5, 0.6) is 0 Å². The molecule has 0 aliphatic carbocycles. The summed E-state index contributed by atoms with van der Waals surface area (Å²) in [6.07, 6.45) is 42.2. The number of ether oxygens (including phenoxy) is 4. The zero-order chi connectivity index (χ0) is 42.8. The molecule has 0 radical (unpaired) electrons. The Labute approximate surface area is 357 Å². The predicted octanol–water partition coefficient (Wildman–Crippen LogP) is 11.5. The van der Waals surface area contributed by atoms with Gasteiger partial charge in [-0.1, -0.05) is 167 Å². The number of hydrogen-bond donors (Lipinski definition) is 0. The van der Waals surface area contributed by atoms with Crippen LogP contribution in [0.4, 0.5) is 0 Å². The van der Waals surface area contributed by atoms with Crippen molar-refractivity contribution in [3.8, 4) is 0 Å². The van der Waals surface area contributed by atoms with E-state index in [2.05, 4.69) is 38.2 Å². The molecule has 0 aromatic heterocycles. The Morgan fingerprint density at radius 1 is 0.500 bits per heavy atom. The zero-order valence-corrected chi connectivity index (χ0v) is 38.4. The lowest BCUT2D eigenvalue weighted by atomic mass is 10.0. The minimum atomic E-state index is -1.62. The number of allylic oxidation sites excluding steroid dienone is 4. The molecule has 0 rings (SSSR count). The molecule has 0 fully saturated rings. The molecule has 2 unspecified atom stereocenters. The van der Waals surface area contributed by atoms with Crippen LogP contribution < -0.4 is 5.11 Å². The van der Waals surface area contributed by atoms with E-state index in [4.69, 9.17) is 18.9 Å². The maximum absolute atomic E-state index is 12.8. The smallest absolute Gasteiger partial charge is 0.306 e. The molecule has 0 saturated heterocycles. The Kier molecular flexibility index (Phi) is 39.9. The van der Waals surface area contributed by atoms with Gasteiger partial charge < -0.3 is 33.3 Å². The Morgan fingerprint density at radius 2 is 0.914 bits per heavy atom. The van der Waals surface area contributed by atoms with Gasteiger partial charge in [0.1, 0.15) is 13.2 Å². The van der Waals surface area contributed by atoms with Crippen LogP contribution >= 0.6 is 0 Å². The molecule has 9 nitrogen and oxygen atoms in total. The number of quaternary nitrogens is 1. The van der Waals surface area contributed by atoms with Gasteiger partial charge in [-0.05, 0) is 57.8 Å². The highest BCUT2D eigenvalue weighted by molar-refractivity contribution is 5.70. The van der Waals surface area contributed by atoms with E-state index < -0.39 is 24.3 Å². The van der Waals surface area contributed by atoms with Gasteiger partial charge in [0.05, 0.1) is 40.3 Å². The SMILES string of the molecule is CCC/C=C\CCCCCCCC(=O)OCC(COC(OCC[N+](C)(C)C)C(=O)[O-])OC(=O)CCCCCCCCCCCCC/C=C\CCCCCCCCCC. The maximum Gasteiger partial charge on any atom is 0.306 e. The van der Waals surface area contributed by atoms with Gasteiger partial charge in [-0.15, -0.1) is 0 Å². The summed E-state index contributed by atoms with van der Waals surface area (Å²) in [6, 6.07) is 0. The number of unbranched alkanes of at least 4 members (excludes halogenated alkanes) is 25. The van der Waals surface area contributed by atoms with Gasteiger partial charge in [-0.3, -0.25) is 9.59 Å². The van der Waals surface area contributed by atoms with E-state index in [0.717, 1.165) is 57.8 Å². The van der Waals surface area contributed by atoms with Crippen LogP contribution in [0.3, 0.4) is 0 Å². The summed E-state index contributed by atoms with van der Waals surface area (Å²) < 4.78 is 22.5. The second-order valence-corrected chi connectivity index (χ2v) is 17.4. The molecule has 0 aromatic carbocycles. The first-order valence-electron chi connectivity index (χ1n) is 24.0. The fourth-order valence-corrected chi connectivity index (χ4v) is 6.65. The summed E-state index contributed by atoms with van der Waals surface area (Å²) in [5, 5.41) is 11.7. The van der Waals surface area contributed by atoms with Crippen molar-refractivity contribution in [2.75, 3.05) is 47.5 Å². The molecule has 2 atom stereocenters. The van der Waals surface area contributed by atoms with E-state index in [1.165, 1.54) is 122 Å². The van der Waals surface area contributed by atoms with Crippen LogP contribution in [-0.4, -0.2) is 82.3 Å². The van der Waals surface area contributed by atoms with Crippen LogP contribution in [0.2, 0.25) is 0 Å². The molecule has 0 saturated carbocycles. The third-order valence-corrected chi connectivity index (χ3v) is 10.4. The minimum Gasteiger partial charge on any atom is -0.545 e. The average molecular weight is 822 g/mol. The highest BCUT2D eigenvalue weighted by Gasteiger charge is 2.21. The molecule has 58 heavy (non-hydrogen) atoms. The molecule has 0 heterocycles. The molecule has 0 spiro atoms. The van der Waals surface area contributed by atoms with E-state index in [0.29, 0.717) is 17.4 Å². The van der Waals surface area contributed by atoms with E-state index in [-0.39, 0.29) is 38.6 Å². The number of carboxylic acid groups (broad SMARTS) is 1. The summed E-state index contributed by atoms with van der Waals surface area (Å²) in [5.74, 6) is -2.29. The van der Waals surface area contributed by atoms with Crippen LogP contribution in [0.1, 0.15) is 213 Å². The molecule has 0 N–H and O–H groups in total. The quantitative estimate of drug-likeness (QED) is 0.0196. The maximum atomic E-state index is 12.8. The summed E-state index contributed by atoms with van der Waals surface area (Å²) in [7, 11) is 5.91. The second-order valence-electron chi connectivity index (χ2n) is 17.4. The van der Waals surface area contributed by atoms with Crippen LogP contribution in [0.15, 0.2) is 24.3 Å². The minimum absolute atomic E-state index is 0.148. The van der Waals surface area contributed by atoms with Gasteiger partial charge in [0.25, 0.3) is 0 Å². The number of likely N-dealkylation sites (N-methyl/N-ethyl adjacent to an activating group) is 1. The lowest BCUT2D eigenvalue weighted by Gasteiger charge is -2.26.